The maximum Gasteiger partial charge on any atom is 0.273 e. The van der Waals surface area contributed by atoms with Gasteiger partial charge in [-0.25, -0.2) is 13.1 Å². The van der Waals surface area contributed by atoms with Crippen LogP contribution in [0.25, 0.3) is 0 Å². The van der Waals surface area contributed by atoms with E-state index >= 15 is 0 Å². The lowest BCUT2D eigenvalue weighted by molar-refractivity contribution is -0.385. The van der Waals surface area contributed by atoms with E-state index in [9.17, 15) is 18.5 Å². The van der Waals surface area contributed by atoms with E-state index in [2.05, 4.69) is 4.72 Å². The molecule has 0 heterocycles. The molecule has 2 aromatic carbocycles. The quantitative estimate of drug-likeness (QED) is 0.680. The molecule has 1 aliphatic carbocycles. The number of nitro groups is 1. The third kappa shape index (κ3) is 3.18. The summed E-state index contributed by atoms with van der Waals surface area (Å²) in [5.41, 5.74) is 2.36. The van der Waals surface area contributed by atoms with Crippen LogP contribution in [0.5, 0.6) is 0 Å². The van der Waals surface area contributed by atoms with Crippen molar-refractivity contribution in [1.82, 2.24) is 4.72 Å². The molecule has 0 aromatic heterocycles. The SMILES string of the molecule is Cc1ccc(S(=O)(=O)NC2CCCc3ccccc32)cc1[N+](=O)[O-]. The van der Waals surface area contributed by atoms with E-state index in [1.807, 2.05) is 24.3 Å². The number of rotatable bonds is 4. The summed E-state index contributed by atoms with van der Waals surface area (Å²) in [5.74, 6) is 0. The summed E-state index contributed by atoms with van der Waals surface area (Å²) in [6.07, 6.45) is 2.55. The highest BCUT2D eigenvalue weighted by Crippen LogP contribution is 2.31. The van der Waals surface area contributed by atoms with Crippen LogP contribution >= 0.6 is 0 Å². The van der Waals surface area contributed by atoms with E-state index in [1.54, 1.807) is 6.92 Å². The molecule has 0 amide bonds. The van der Waals surface area contributed by atoms with Crippen LogP contribution in [0.2, 0.25) is 0 Å². The van der Waals surface area contributed by atoms with Crippen molar-refractivity contribution < 1.29 is 13.3 Å². The fourth-order valence-electron chi connectivity index (χ4n) is 3.08. The highest BCUT2D eigenvalue weighted by Gasteiger charge is 2.27. The predicted octanol–water partition coefficient (Wildman–Crippen LogP) is 3.26. The first-order valence-electron chi connectivity index (χ1n) is 7.73. The number of nitrogens with zero attached hydrogens (tertiary/aromatic N) is 1. The Kier molecular flexibility index (Phi) is 4.38. The summed E-state index contributed by atoms with van der Waals surface area (Å²) in [6.45, 7) is 1.58. The Bertz CT molecular complexity index is 893. The minimum absolute atomic E-state index is 0.0807. The van der Waals surface area contributed by atoms with Gasteiger partial charge in [-0.2, -0.15) is 0 Å². The fourth-order valence-corrected chi connectivity index (χ4v) is 4.35. The maximum atomic E-state index is 12.7. The van der Waals surface area contributed by atoms with Gasteiger partial charge in [0.05, 0.1) is 9.82 Å². The minimum atomic E-state index is -3.83. The van der Waals surface area contributed by atoms with Gasteiger partial charge in [0, 0.05) is 17.7 Å². The molecular formula is C17H18N2O4S. The predicted molar refractivity (Wildman–Crippen MR) is 90.3 cm³/mol. The molecule has 0 aliphatic heterocycles. The summed E-state index contributed by atoms with van der Waals surface area (Å²) in [5, 5.41) is 11.0. The van der Waals surface area contributed by atoms with Crippen molar-refractivity contribution in [1.29, 1.82) is 0 Å². The van der Waals surface area contributed by atoms with Gasteiger partial charge in [0.2, 0.25) is 10.0 Å². The molecule has 0 saturated carbocycles. The van der Waals surface area contributed by atoms with Gasteiger partial charge < -0.3 is 0 Å². The monoisotopic (exact) mass is 346 g/mol. The molecule has 0 fully saturated rings. The molecular weight excluding hydrogens is 328 g/mol. The van der Waals surface area contributed by atoms with Crippen LogP contribution in [-0.4, -0.2) is 13.3 Å². The molecule has 6 nitrogen and oxygen atoms in total. The number of benzene rings is 2. The molecule has 1 unspecified atom stereocenters. The smallest absolute Gasteiger partial charge is 0.258 e. The zero-order valence-corrected chi connectivity index (χ0v) is 14.0. The first-order valence-corrected chi connectivity index (χ1v) is 9.22. The van der Waals surface area contributed by atoms with Crippen molar-refractivity contribution in [2.24, 2.45) is 0 Å². The number of fused-ring (bicyclic) bond motifs is 1. The van der Waals surface area contributed by atoms with Gasteiger partial charge >= 0.3 is 0 Å². The van der Waals surface area contributed by atoms with E-state index in [-0.39, 0.29) is 16.6 Å². The van der Waals surface area contributed by atoms with Crippen LogP contribution in [0.3, 0.4) is 0 Å². The standard InChI is InChI=1S/C17H18N2O4S/c1-12-9-10-14(11-17(12)19(20)21)24(22,23)18-16-8-4-6-13-5-2-3-7-15(13)16/h2-3,5,7,9-11,16,18H,4,6,8H2,1H3. The van der Waals surface area contributed by atoms with Crippen LogP contribution in [0.1, 0.15) is 35.6 Å². The van der Waals surface area contributed by atoms with Gasteiger partial charge in [-0.15, -0.1) is 0 Å². The lowest BCUT2D eigenvalue weighted by Gasteiger charge is -2.26. The van der Waals surface area contributed by atoms with E-state index in [0.717, 1.165) is 30.0 Å². The summed E-state index contributed by atoms with van der Waals surface area (Å²) in [6, 6.07) is 11.4. The summed E-state index contributed by atoms with van der Waals surface area (Å²) in [4.78, 5) is 10.4. The van der Waals surface area contributed by atoms with Crippen molar-refractivity contribution in [3.8, 4) is 0 Å². The molecule has 7 heteroatoms. The van der Waals surface area contributed by atoms with Crippen LogP contribution in [0, 0.1) is 17.0 Å². The Morgan fingerprint density at radius 1 is 1.21 bits per heavy atom. The minimum Gasteiger partial charge on any atom is -0.258 e. The summed E-state index contributed by atoms with van der Waals surface area (Å²) in [7, 11) is -3.83. The molecule has 1 atom stereocenters. The Balaban J connectivity index is 1.93. The lowest BCUT2D eigenvalue weighted by Crippen LogP contribution is -2.31. The van der Waals surface area contributed by atoms with Crippen molar-refractivity contribution in [2.75, 3.05) is 0 Å². The average molecular weight is 346 g/mol. The van der Waals surface area contributed by atoms with E-state index in [0.29, 0.717) is 12.0 Å². The molecule has 1 aliphatic rings. The van der Waals surface area contributed by atoms with Crippen LogP contribution in [0.15, 0.2) is 47.4 Å². The van der Waals surface area contributed by atoms with Crippen molar-refractivity contribution in [2.45, 2.75) is 37.1 Å². The van der Waals surface area contributed by atoms with Gasteiger partial charge in [-0.1, -0.05) is 30.3 Å². The number of aryl methyl sites for hydroxylation is 2. The molecule has 3 rings (SSSR count). The maximum absolute atomic E-state index is 12.7. The molecule has 0 bridgehead atoms. The van der Waals surface area contributed by atoms with Crippen LogP contribution < -0.4 is 4.72 Å². The van der Waals surface area contributed by atoms with E-state index < -0.39 is 14.9 Å². The van der Waals surface area contributed by atoms with E-state index in [4.69, 9.17) is 0 Å². The fraction of sp³-hybridized carbons (Fsp3) is 0.294. The lowest BCUT2D eigenvalue weighted by atomic mass is 9.88. The summed E-state index contributed by atoms with van der Waals surface area (Å²) >= 11 is 0. The molecule has 0 spiro atoms. The summed E-state index contributed by atoms with van der Waals surface area (Å²) < 4.78 is 28.0. The topological polar surface area (TPSA) is 89.3 Å². The highest BCUT2D eigenvalue weighted by atomic mass is 32.2. The van der Waals surface area contributed by atoms with E-state index in [1.165, 1.54) is 12.1 Å². The Labute approximate surface area is 140 Å². The second-order valence-electron chi connectivity index (χ2n) is 5.97. The highest BCUT2D eigenvalue weighted by molar-refractivity contribution is 7.89. The average Bonchev–Trinajstić information content (AvgIpc) is 2.55. The van der Waals surface area contributed by atoms with Crippen LogP contribution in [-0.2, 0) is 16.4 Å². The zero-order chi connectivity index (χ0) is 17.3. The second kappa shape index (κ2) is 6.33. The van der Waals surface area contributed by atoms with Gasteiger partial charge in [-0.3, -0.25) is 10.1 Å². The van der Waals surface area contributed by atoms with Gasteiger partial charge in [0.15, 0.2) is 0 Å². The number of nitro benzene ring substituents is 1. The number of nitrogens with one attached hydrogen (secondary N) is 1. The third-order valence-corrected chi connectivity index (χ3v) is 5.82. The van der Waals surface area contributed by atoms with Crippen molar-refractivity contribution in [3.63, 3.8) is 0 Å². The first-order chi connectivity index (χ1) is 11.4. The van der Waals surface area contributed by atoms with Gasteiger partial charge in [0.1, 0.15) is 0 Å². The molecule has 0 saturated heterocycles. The number of hydrogen-bond acceptors (Lipinski definition) is 4. The molecule has 0 radical (unpaired) electrons. The Morgan fingerprint density at radius 2 is 1.96 bits per heavy atom. The Hall–Kier alpha value is -2.25. The third-order valence-electron chi connectivity index (χ3n) is 4.35. The molecule has 126 valence electrons. The normalized spacial score (nSPS) is 17.3. The van der Waals surface area contributed by atoms with Gasteiger partial charge in [-0.05, 0) is 43.4 Å². The number of hydrogen-bond donors (Lipinski definition) is 1. The molecule has 24 heavy (non-hydrogen) atoms. The Morgan fingerprint density at radius 3 is 2.71 bits per heavy atom. The molecule has 1 N–H and O–H groups in total. The first kappa shape index (κ1) is 16.6. The molecule has 2 aromatic rings. The second-order valence-corrected chi connectivity index (χ2v) is 7.68. The van der Waals surface area contributed by atoms with Gasteiger partial charge in [0.25, 0.3) is 5.69 Å². The number of sulfonamides is 1. The van der Waals surface area contributed by atoms with Crippen molar-refractivity contribution in [3.05, 3.63) is 69.3 Å². The van der Waals surface area contributed by atoms with Crippen molar-refractivity contribution >= 4 is 15.7 Å². The zero-order valence-electron chi connectivity index (χ0n) is 13.2. The van der Waals surface area contributed by atoms with Crippen LogP contribution in [0.4, 0.5) is 5.69 Å². The largest absolute Gasteiger partial charge is 0.273 e.